The molecule has 0 saturated carbocycles. The number of fused-ring (bicyclic) bond motifs is 1. The standard InChI is InChI=1S/C24H26F4N2O3/c1-13-10-17-21(19(25)20(13)29-18(31)11-23(3,4)5)33-14(2)22(32)30(17)12-15-6-8-16(9-7-15)24(26,27)28/h6-10,14H,11-12H2,1-5H3,(H,29,31)/t14-/m0/s1. The maximum Gasteiger partial charge on any atom is 0.416 e. The van der Waals surface area contributed by atoms with Gasteiger partial charge in [-0.25, -0.2) is 4.39 Å². The van der Waals surface area contributed by atoms with E-state index in [-0.39, 0.29) is 41.4 Å². The first-order chi connectivity index (χ1) is 15.2. The Bertz CT molecular complexity index is 1070. The second kappa shape index (κ2) is 8.68. The highest BCUT2D eigenvalue weighted by atomic mass is 19.4. The van der Waals surface area contributed by atoms with Crippen molar-refractivity contribution in [1.82, 2.24) is 0 Å². The summed E-state index contributed by atoms with van der Waals surface area (Å²) in [4.78, 5) is 26.4. The van der Waals surface area contributed by atoms with Crippen molar-refractivity contribution in [2.24, 2.45) is 5.41 Å². The molecule has 0 spiro atoms. The number of aryl methyl sites for hydroxylation is 1. The molecule has 0 aromatic heterocycles. The van der Waals surface area contributed by atoms with E-state index in [0.717, 1.165) is 12.1 Å². The molecule has 0 fully saturated rings. The Morgan fingerprint density at radius 1 is 1.15 bits per heavy atom. The third-order valence-corrected chi connectivity index (χ3v) is 5.18. The number of hydrogen-bond acceptors (Lipinski definition) is 3. The van der Waals surface area contributed by atoms with E-state index in [1.807, 2.05) is 20.8 Å². The SMILES string of the molecule is Cc1cc2c(c(F)c1NC(=O)CC(C)(C)C)O[C@@H](C)C(=O)N2Cc1ccc(C(F)(F)F)cc1. The average molecular weight is 466 g/mol. The predicted octanol–water partition coefficient (Wildman–Crippen LogP) is 5.84. The van der Waals surface area contributed by atoms with Crippen molar-refractivity contribution >= 4 is 23.2 Å². The normalized spacial score (nSPS) is 16.3. The fourth-order valence-electron chi connectivity index (χ4n) is 3.58. The molecule has 1 atom stereocenters. The molecule has 2 aromatic rings. The number of ether oxygens (including phenoxy) is 1. The highest BCUT2D eigenvalue weighted by Crippen LogP contribution is 2.42. The van der Waals surface area contributed by atoms with Gasteiger partial charge in [-0.3, -0.25) is 9.59 Å². The van der Waals surface area contributed by atoms with Crippen LogP contribution < -0.4 is 15.0 Å². The van der Waals surface area contributed by atoms with Gasteiger partial charge in [0.1, 0.15) is 0 Å². The number of benzene rings is 2. The summed E-state index contributed by atoms with van der Waals surface area (Å²) in [6.07, 6.45) is -5.30. The number of amides is 2. The second-order valence-corrected chi connectivity index (χ2v) is 9.40. The molecule has 33 heavy (non-hydrogen) atoms. The number of anilines is 2. The zero-order valence-electron chi connectivity index (χ0n) is 19.1. The van der Waals surface area contributed by atoms with Crippen LogP contribution in [0.3, 0.4) is 0 Å². The van der Waals surface area contributed by atoms with Crippen LogP contribution in [0.25, 0.3) is 0 Å². The van der Waals surface area contributed by atoms with Crippen molar-refractivity contribution in [3.8, 4) is 5.75 Å². The van der Waals surface area contributed by atoms with Crippen LogP contribution in [0.15, 0.2) is 30.3 Å². The molecule has 0 bridgehead atoms. The first kappa shape index (κ1) is 24.5. The maximum absolute atomic E-state index is 15.4. The van der Waals surface area contributed by atoms with E-state index < -0.39 is 29.6 Å². The monoisotopic (exact) mass is 466 g/mol. The number of halogens is 4. The quantitative estimate of drug-likeness (QED) is 0.576. The lowest BCUT2D eigenvalue weighted by atomic mass is 9.92. The van der Waals surface area contributed by atoms with Gasteiger partial charge in [0, 0.05) is 6.42 Å². The molecular formula is C24H26F4N2O3. The molecule has 9 heteroatoms. The molecule has 1 aliphatic heterocycles. The van der Waals surface area contributed by atoms with Crippen molar-refractivity contribution in [1.29, 1.82) is 0 Å². The van der Waals surface area contributed by atoms with Gasteiger partial charge in [-0.2, -0.15) is 13.2 Å². The third kappa shape index (κ3) is 5.46. The van der Waals surface area contributed by atoms with Crippen LogP contribution in [0.4, 0.5) is 28.9 Å². The average Bonchev–Trinajstić information content (AvgIpc) is 2.68. The van der Waals surface area contributed by atoms with Gasteiger partial charge in [-0.1, -0.05) is 32.9 Å². The Morgan fingerprint density at radius 2 is 1.76 bits per heavy atom. The number of nitrogens with one attached hydrogen (secondary N) is 1. The minimum atomic E-state index is -4.47. The number of alkyl halides is 3. The lowest BCUT2D eigenvalue weighted by Gasteiger charge is -2.34. The summed E-state index contributed by atoms with van der Waals surface area (Å²) >= 11 is 0. The van der Waals surface area contributed by atoms with Crippen LogP contribution in [0.2, 0.25) is 0 Å². The van der Waals surface area contributed by atoms with Gasteiger partial charge < -0.3 is 15.0 Å². The molecular weight excluding hydrogens is 440 g/mol. The molecule has 1 aliphatic rings. The Balaban J connectivity index is 1.95. The summed E-state index contributed by atoms with van der Waals surface area (Å²) in [5, 5.41) is 2.59. The lowest BCUT2D eigenvalue weighted by Crippen LogP contribution is -2.44. The van der Waals surface area contributed by atoms with Gasteiger partial charge in [0.05, 0.1) is 23.5 Å². The molecule has 0 radical (unpaired) electrons. The predicted molar refractivity (Wildman–Crippen MR) is 117 cm³/mol. The summed E-state index contributed by atoms with van der Waals surface area (Å²) in [5.41, 5.74) is -0.140. The van der Waals surface area contributed by atoms with E-state index >= 15 is 4.39 Å². The first-order valence-corrected chi connectivity index (χ1v) is 10.4. The van der Waals surface area contributed by atoms with Gasteiger partial charge in [-0.05, 0) is 48.6 Å². The summed E-state index contributed by atoms with van der Waals surface area (Å²) in [5.74, 6) is -1.80. The van der Waals surface area contributed by atoms with E-state index in [2.05, 4.69) is 5.32 Å². The van der Waals surface area contributed by atoms with E-state index in [0.29, 0.717) is 11.1 Å². The summed E-state index contributed by atoms with van der Waals surface area (Å²) in [7, 11) is 0. The summed E-state index contributed by atoms with van der Waals surface area (Å²) in [6, 6.07) is 5.95. The number of hydrogen-bond donors (Lipinski definition) is 1. The van der Waals surface area contributed by atoms with Gasteiger partial charge in [0.2, 0.25) is 5.91 Å². The Kier molecular flexibility index (Phi) is 6.46. The molecule has 0 saturated heterocycles. The highest BCUT2D eigenvalue weighted by Gasteiger charge is 2.36. The fourth-order valence-corrected chi connectivity index (χ4v) is 3.58. The van der Waals surface area contributed by atoms with Crippen molar-refractivity contribution in [2.45, 2.75) is 59.9 Å². The van der Waals surface area contributed by atoms with Crippen molar-refractivity contribution in [3.05, 3.63) is 52.8 Å². The zero-order chi connectivity index (χ0) is 24.7. The van der Waals surface area contributed by atoms with Crippen LogP contribution in [0.5, 0.6) is 5.75 Å². The third-order valence-electron chi connectivity index (χ3n) is 5.18. The minimum absolute atomic E-state index is 0.0287. The van der Waals surface area contributed by atoms with E-state index in [1.165, 1.54) is 30.0 Å². The lowest BCUT2D eigenvalue weighted by molar-refractivity contribution is -0.137. The fraction of sp³-hybridized carbons (Fsp3) is 0.417. The topological polar surface area (TPSA) is 58.6 Å². The van der Waals surface area contributed by atoms with Gasteiger partial charge >= 0.3 is 6.18 Å². The summed E-state index contributed by atoms with van der Waals surface area (Å²) in [6.45, 7) is 8.65. The Hall–Kier alpha value is -3.10. The van der Waals surface area contributed by atoms with Gasteiger partial charge in [0.15, 0.2) is 17.7 Å². The molecule has 2 amide bonds. The van der Waals surface area contributed by atoms with Gasteiger partial charge in [-0.15, -0.1) is 0 Å². The van der Waals surface area contributed by atoms with Crippen LogP contribution in [-0.2, 0) is 22.3 Å². The van der Waals surface area contributed by atoms with Crippen molar-refractivity contribution in [3.63, 3.8) is 0 Å². The Labute approximate surface area is 189 Å². The largest absolute Gasteiger partial charge is 0.476 e. The molecule has 178 valence electrons. The minimum Gasteiger partial charge on any atom is -0.476 e. The molecule has 1 N–H and O–H groups in total. The molecule has 5 nitrogen and oxygen atoms in total. The van der Waals surface area contributed by atoms with Crippen LogP contribution in [0.1, 0.15) is 50.8 Å². The zero-order valence-corrected chi connectivity index (χ0v) is 19.1. The van der Waals surface area contributed by atoms with Crippen molar-refractivity contribution < 1.29 is 31.9 Å². The van der Waals surface area contributed by atoms with E-state index in [1.54, 1.807) is 6.92 Å². The molecule has 0 unspecified atom stereocenters. The van der Waals surface area contributed by atoms with Gasteiger partial charge in [0.25, 0.3) is 5.91 Å². The van der Waals surface area contributed by atoms with Crippen molar-refractivity contribution in [2.75, 3.05) is 10.2 Å². The number of carbonyl (C=O) groups excluding carboxylic acids is 2. The molecule has 1 heterocycles. The number of rotatable bonds is 4. The van der Waals surface area contributed by atoms with Crippen LogP contribution in [0, 0.1) is 18.2 Å². The van der Waals surface area contributed by atoms with Crippen LogP contribution in [-0.4, -0.2) is 17.9 Å². The Morgan fingerprint density at radius 3 is 2.30 bits per heavy atom. The molecule has 2 aromatic carbocycles. The maximum atomic E-state index is 15.4. The smallest absolute Gasteiger partial charge is 0.416 e. The first-order valence-electron chi connectivity index (χ1n) is 10.4. The number of carbonyl (C=O) groups is 2. The highest BCUT2D eigenvalue weighted by molar-refractivity contribution is 6.01. The molecule has 3 rings (SSSR count). The van der Waals surface area contributed by atoms with Crippen LogP contribution >= 0.6 is 0 Å². The second-order valence-electron chi connectivity index (χ2n) is 9.40. The summed E-state index contributed by atoms with van der Waals surface area (Å²) < 4.78 is 59.5. The van der Waals surface area contributed by atoms with E-state index in [9.17, 15) is 22.8 Å². The molecule has 0 aliphatic carbocycles. The number of nitrogens with zero attached hydrogens (tertiary/aromatic N) is 1. The van der Waals surface area contributed by atoms with E-state index in [4.69, 9.17) is 4.74 Å².